The predicted octanol–water partition coefficient (Wildman–Crippen LogP) is 2.54. The van der Waals surface area contributed by atoms with Crippen molar-refractivity contribution in [2.24, 2.45) is 0 Å². The molecule has 0 saturated carbocycles. The lowest BCUT2D eigenvalue weighted by atomic mass is 10.1. The van der Waals surface area contributed by atoms with Crippen molar-refractivity contribution >= 4 is 0 Å². The average molecular weight is 254 g/mol. The molecule has 0 radical (unpaired) electrons. The van der Waals surface area contributed by atoms with Crippen molar-refractivity contribution in [2.75, 3.05) is 19.6 Å². The first-order valence-corrected chi connectivity index (χ1v) is 6.58. The fraction of sp³-hybridized carbons (Fsp3) is 0.571. The van der Waals surface area contributed by atoms with Crippen molar-refractivity contribution in [3.05, 3.63) is 35.4 Å². The minimum Gasteiger partial charge on any atom is -0.309 e. The Morgan fingerprint density at radius 1 is 1.39 bits per heavy atom. The topological polar surface area (TPSA) is 15.3 Å². The zero-order chi connectivity index (χ0) is 13.0. The molecular formula is C14H20F2N2. The smallest absolute Gasteiger partial charge is 0.130 e. The Labute approximate surface area is 107 Å². The lowest BCUT2D eigenvalue weighted by Gasteiger charge is -2.32. The molecule has 0 spiro atoms. The number of benzene rings is 1. The number of halogens is 2. The monoisotopic (exact) mass is 254 g/mol. The molecule has 1 fully saturated rings. The highest BCUT2D eigenvalue weighted by atomic mass is 19.1. The minimum absolute atomic E-state index is 0.406. The van der Waals surface area contributed by atoms with E-state index in [2.05, 4.69) is 17.1 Å². The zero-order valence-electron chi connectivity index (χ0n) is 10.8. The van der Waals surface area contributed by atoms with Crippen LogP contribution < -0.4 is 5.32 Å². The standard InChI is InChI=1S/C14H20F2N2/c1-2-18-7-3-4-13(10-18)17-9-11-5-6-12(15)8-14(11)16/h5-6,8,13,17H,2-4,7,9-10H2,1H3. The maximum atomic E-state index is 13.5. The molecule has 2 nitrogen and oxygen atoms in total. The summed E-state index contributed by atoms with van der Waals surface area (Å²) in [6, 6.07) is 4.16. The Morgan fingerprint density at radius 3 is 2.94 bits per heavy atom. The first-order valence-electron chi connectivity index (χ1n) is 6.58. The van der Waals surface area contributed by atoms with Crippen LogP contribution in [0.25, 0.3) is 0 Å². The molecule has 1 saturated heterocycles. The van der Waals surface area contributed by atoms with Gasteiger partial charge in [-0.05, 0) is 32.0 Å². The second-order valence-corrected chi connectivity index (χ2v) is 4.85. The fourth-order valence-electron chi connectivity index (χ4n) is 2.43. The molecule has 0 bridgehead atoms. The molecule has 1 aliphatic heterocycles. The summed E-state index contributed by atoms with van der Waals surface area (Å²) in [4.78, 5) is 2.39. The molecule has 1 unspecified atom stereocenters. The van der Waals surface area contributed by atoms with Crippen LogP contribution in [-0.4, -0.2) is 30.6 Å². The minimum atomic E-state index is -0.522. The number of rotatable bonds is 4. The summed E-state index contributed by atoms with van der Waals surface area (Å²) in [5.74, 6) is -0.989. The summed E-state index contributed by atoms with van der Waals surface area (Å²) in [6.07, 6.45) is 2.30. The van der Waals surface area contributed by atoms with Crippen molar-refractivity contribution in [1.82, 2.24) is 10.2 Å². The number of hydrogen-bond donors (Lipinski definition) is 1. The van der Waals surface area contributed by atoms with E-state index in [0.717, 1.165) is 32.1 Å². The van der Waals surface area contributed by atoms with Crippen molar-refractivity contribution in [1.29, 1.82) is 0 Å². The number of likely N-dealkylation sites (tertiary alicyclic amines) is 1. The first-order chi connectivity index (χ1) is 8.69. The Balaban J connectivity index is 1.87. The third-order valence-corrected chi connectivity index (χ3v) is 3.55. The highest BCUT2D eigenvalue weighted by Gasteiger charge is 2.18. The summed E-state index contributed by atoms with van der Waals surface area (Å²) in [6.45, 7) is 5.85. The third-order valence-electron chi connectivity index (χ3n) is 3.55. The molecule has 4 heteroatoms. The number of nitrogens with zero attached hydrogens (tertiary/aromatic N) is 1. The molecule has 18 heavy (non-hydrogen) atoms. The molecule has 1 aliphatic rings. The van der Waals surface area contributed by atoms with Gasteiger partial charge < -0.3 is 10.2 Å². The van der Waals surface area contributed by atoms with Gasteiger partial charge >= 0.3 is 0 Å². The van der Waals surface area contributed by atoms with Gasteiger partial charge in [0.05, 0.1) is 0 Å². The Hall–Kier alpha value is -1.00. The van der Waals surface area contributed by atoms with Crippen molar-refractivity contribution < 1.29 is 8.78 Å². The molecule has 0 aromatic heterocycles. The summed E-state index contributed by atoms with van der Waals surface area (Å²) in [5.41, 5.74) is 0.532. The van der Waals surface area contributed by atoms with E-state index < -0.39 is 11.6 Å². The van der Waals surface area contributed by atoms with Crippen molar-refractivity contribution in [2.45, 2.75) is 32.4 Å². The third kappa shape index (κ3) is 3.50. The lowest BCUT2D eigenvalue weighted by Crippen LogP contribution is -2.45. The molecule has 1 atom stereocenters. The molecule has 0 aliphatic carbocycles. The van der Waals surface area contributed by atoms with Crippen LogP contribution in [0.1, 0.15) is 25.3 Å². The van der Waals surface area contributed by atoms with Gasteiger partial charge in [0.2, 0.25) is 0 Å². The number of nitrogens with one attached hydrogen (secondary N) is 1. The average Bonchev–Trinajstić information content (AvgIpc) is 2.38. The van der Waals surface area contributed by atoms with Crippen LogP contribution in [0.5, 0.6) is 0 Å². The molecule has 100 valence electrons. The Bertz CT molecular complexity index is 395. The summed E-state index contributed by atoms with van der Waals surface area (Å²) in [5, 5.41) is 3.36. The van der Waals surface area contributed by atoms with Gasteiger partial charge in [-0.3, -0.25) is 0 Å². The number of hydrogen-bond acceptors (Lipinski definition) is 2. The van der Waals surface area contributed by atoms with Gasteiger partial charge in [0.1, 0.15) is 11.6 Å². The Kier molecular flexibility index (Phi) is 4.66. The molecule has 1 aromatic rings. The predicted molar refractivity (Wildman–Crippen MR) is 68.3 cm³/mol. The van der Waals surface area contributed by atoms with E-state index in [1.54, 1.807) is 0 Å². The van der Waals surface area contributed by atoms with Gasteiger partial charge in [-0.1, -0.05) is 13.0 Å². The molecule has 2 rings (SSSR count). The highest BCUT2D eigenvalue weighted by molar-refractivity contribution is 5.18. The van der Waals surface area contributed by atoms with Crippen LogP contribution in [0.15, 0.2) is 18.2 Å². The van der Waals surface area contributed by atoms with Crippen LogP contribution >= 0.6 is 0 Å². The van der Waals surface area contributed by atoms with Gasteiger partial charge in [-0.2, -0.15) is 0 Å². The zero-order valence-corrected chi connectivity index (χ0v) is 10.8. The Morgan fingerprint density at radius 2 is 2.22 bits per heavy atom. The van der Waals surface area contributed by atoms with E-state index in [1.165, 1.54) is 18.6 Å². The van der Waals surface area contributed by atoms with Gasteiger partial charge in [-0.25, -0.2) is 8.78 Å². The quantitative estimate of drug-likeness (QED) is 0.888. The van der Waals surface area contributed by atoms with Crippen LogP contribution in [-0.2, 0) is 6.54 Å². The van der Waals surface area contributed by atoms with Crippen LogP contribution in [0.2, 0.25) is 0 Å². The molecular weight excluding hydrogens is 234 g/mol. The van der Waals surface area contributed by atoms with Crippen LogP contribution in [0, 0.1) is 11.6 Å². The maximum Gasteiger partial charge on any atom is 0.130 e. The second kappa shape index (κ2) is 6.25. The normalized spacial score (nSPS) is 21.2. The molecule has 1 N–H and O–H groups in total. The lowest BCUT2D eigenvalue weighted by molar-refractivity contribution is 0.198. The number of likely N-dealkylation sites (N-methyl/N-ethyl adjacent to an activating group) is 1. The summed E-state index contributed by atoms with van der Waals surface area (Å²) >= 11 is 0. The van der Waals surface area contributed by atoms with Crippen molar-refractivity contribution in [3.63, 3.8) is 0 Å². The highest BCUT2D eigenvalue weighted by Crippen LogP contribution is 2.12. The van der Waals surface area contributed by atoms with E-state index in [-0.39, 0.29) is 0 Å². The van der Waals surface area contributed by atoms with Gasteiger partial charge in [0.15, 0.2) is 0 Å². The summed E-state index contributed by atoms with van der Waals surface area (Å²) in [7, 11) is 0. The number of piperidine rings is 1. The molecule has 1 aromatic carbocycles. The van der Waals surface area contributed by atoms with Gasteiger partial charge in [0, 0.05) is 30.8 Å². The first kappa shape index (κ1) is 13.4. The van der Waals surface area contributed by atoms with Crippen LogP contribution in [0.3, 0.4) is 0 Å². The van der Waals surface area contributed by atoms with E-state index in [4.69, 9.17) is 0 Å². The fourth-order valence-corrected chi connectivity index (χ4v) is 2.43. The van der Waals surface area contributed by atoms with E-state index in [9.17, 15) is 8.78 Å². The van der Waals surface area contributed by atoms with E-state index in [0.29, 0.717) is 18.2 Å². The van der Waals surface area contributed by atoms with Gasteiger partial charge in [0.25, 0.3) is 0 Å². The van der Waals surface area contributed by atoms with Crippen molar-refractivity contribution in [3.8, 4) is 0 Å². The molecule has 0 amide bonds. The maximum absolute atomic E-state index is 13.5. The molecule has 1 heterocycles. The SMILES string of the molecule is CCN1CCCC(NCc2ccc(F)cc2F)C1. The second-order valence-electron chi connectivity index (χ2n) is 4.85. The van der Waals surface area contributed by atoms with E-state index in [1.807, 2.05) is 0 Å². The van der Waals surface area contributed by atoms with Gasteiger partial charge in [-0.15, -0.1) is 0 Å². The van der Waals surface area contributed by atoms with E-state index >= 15 is 0 Å². The summed E-state index contributed by atoms with van der Waals surface area (Å²) < 4.78 is 26.2. The van der Waals surface area contributed by atoms with Crippen LogP contribution in [0.4, 0.5) is 8.78 Å². The largest absolute Gasteiger partial charge is 0.309 e.